The molecule has 1 rings (SSSR count). The Bertz CT molecular complexity index is 286. The summed E-state index contributed by atoms with van der Waals surface area (Å²) in [5, 5.41) is 0. The summed E-state index contributed by atoms with van der Waals surface area (Å²) in [6.07, 6.45) is 5.09. The number of rotatable bonds is 8. The number of hydrogen-bond acceptors (Lipinski definition) is 2. The Morgan fingerprint density at radius 2 is 1.94 bits per heavy atom. The molecule has 0 unspecified atom stereocenters. The molecule has 1 aromatic rings. The maximum atomic E-state index is 5.43. The van der Waals surface area contributed by atoms with Gasteiger partial charge in [-0.1, -0.05) is 50.5 Å². The van der Waals surface area contributed by atoms with Gasteiger partial charge in [-0.3, -0.25) is 4.84 Å². The molecule has 0 radical (unpaired) electrons. The summed E-state index contributed by atoms with van der Waals surface area (Å²) in [6, 6.07) is 8.32. The normalized spacial score (nSPS) is 10.6. The van der Waals surface area contributed by atoms with Crippen molar-refractivity contribution in [1.82, 2.24) is 5.48 Å². The van der Waals surface area contributed by atoms with Crippen molar-refractivity contribution in [3.8, 4) is 0 Å². The van der Waals surface area contributed by atoms with Crippen molar-refractivity contribution in [2.24, 2.45) is 0 Å². The molecular formula is C14H23NO. The molecule has 0 bridgehead atoms. The van der Waals surface area contributed by atoms with E-state index in [2.05, 4.69) is 37.5 Å². The smallest absolute Gasteiger partial charge is 0.0935 e. The molecule has 2 heteroatoms. The van der Waals surface area contributed by atoms with Crippen molar-refractivity contribution < 1.29 is 4.84 Å². The van der Waals surface area contributed by atoms with Crippen molar-refractivity contribution >= 4 is 0 Å². The van der Waals surface area contributed by atoms with Gasteiger partial charge in [-0.25, -0.2) is 5.48 Å². The van der Waals surface area contributed by atoms with E-state index in [1.807, 2.05) is 6.07 Å². The number of hydroxylamine groups is 1. The van der Waals surface area contributed by atoms with Crippen LogP contribution in [0, 0.1) is 6.92 Å². The van der Waals surface area contributed by atoms with Crippen LogP contribution < -0.4 is 5.48 Å². The zero-order chi connectivity index (χ0) is 11.6. The van der Waals surface area contributed by atoms with Gasteiger partial charge >= 0.3 is 0 Å². The summed E-state index contributed by atoms with van der Waals surface area (Å²) in [5.41, 5.74) is 5.56. The van der Waals surface area contributed by atoms with Crippen LogP contribution in [0.25, 0.3) is 0 Å². The summed E-state index contributed by atoms with van der Waals surface area (Å²) >= 11 is 0. The van der Waals surface area contributed by atoms with E-state index in [0.717, 1.165) is 6.54 Å². The molecule has 90 valence electrons. The molecule has 0 saturated carbocycles. The first-order valence-electron chi connectivity index (χ1n) is 6.23. The zero-order valence-corrected chi connectivity index (χ0v) is 10.5. The Morgan fingerprint density at radius 1 is 1.12 bits per heavy atom. The van der Waals surface area contributed by atoms with Crippen LogP contribution in [0.1, 0.15) is 43.7 Å². The lowest BCUT2D eigenvalue weighted by Crippen LogP contribution is -2.16. The lowest BCUT2D eigenvalue weighted by atomic mass is 10.1. The monoisotopic (exact) mass is 221 g/mol. The topological polar surface area (TPSA) is 21.3 Å². The van der Waals surface area contributed by atoms with Gasteiger partial charge in [-0.2, -0.15) is 0 Å². The molecule has 0 aromatic heterocycles. The van der Waals surface area contributed by atoms with E-state index in [-0.39, 0.29) is 0 Å². The Hall–Kier alpha value is -0.860. The van der Waals surface area contributed by atoms with E-state index in [4.69, 9.17) is 4.84 Å². The standard InChI is InChI=1S/C14H23NO/c1-3-4-5-8-11-15-16-12-14-10-7-6-9-13(14)2/h6-7,9-10,15H,3-5,8,11-12H2,1-2H3. The molecule has 0 spiro atoms. The number of nitrogens with one attached hydrogen (secondary N) is 1. The molecule has 1 aromatic carbocycles. The molecule has 0 fully saturated rings. The zero-order valence-electron chi connectivity index (χ0n) is 10.5. The molecule has 1 N–H and O–H groups in total. The maximum absolute atomic E-state index is 5.43. The van der Waals surface area contributed by atoms with Crippen LogP contribution in [-0.4, -0.2) is 6.54 Å². The first kappa shape index (κ1) is 13.2. The highest BCUT2D eigenvalue weighted by Crippen LogP contribution is 2.07. The lowest BCUT2D eigenvalue weighted by molar-refractivity contribution is 0.0270. The second-order valence-corrected chi connectivity index (χ2v) is 4.17. The quantitative estimate of drug-likeness (QED) is 0.535. The molecule has 0 saturated heterocycles. The predicted octanol–water partition coefficient (Wildman–Crippen LogP) is 3.60. The van der Waals surface area contributed by atoms with Crippen molar-refractivity contribution in [1.29, 1.82) is 0 Å². The Morgan fingerprint density at radius 3 is 2.69 bits per heavy atom. The van der Waals surface area contributed by atoms with Crippen LogP contribution in [0.4, 0.5) is 0 Å². The molecule has 0 aliphatic rings. The summed E-state index contributed by atoms with van der Waals surface area (Å²) < 4.78 is 0. The minimum atomic E-state index is 0.653. The molecule has 2 nitrogen and oxygen atoms in total. The first-order chi connectivity index (χ1) is 7.84. The molecular weight excluding hydrogens is 198 g/mol. The number of aryl methyl sites for hydroxylation is 1. The molecule has 0 heterocycles. The maximum Gasteiger partial charge on any atom is 0.0935 e. The fourth-order valence-electron chi connectivity index (χ4n) is 1.60. The van der Waals surface area contributed by atoms with E-state index in [1.54, 1.807) is 0 Å². The molecule has 0 atom stereocenters. The van der Waals surface area contributed by atoms with Gasteiger partial charge in [0.25, 0.3) is 0 Å². The highest BCUT2D eigenvalue weighted by atomic mass is 16.6. The van der Waals surface area contributed by atoms with Gasteiger partial charge in [0.05, 0.1) is 6.61 Å². The predicted molar refractivity (Wildman–Crippen MR) is 68.1 cm³/mol. The summed E-state index contributed by atoms with van der Waals surface area (Å²) in [7, 11) is 0. The average Bonchev–Trinajstić information content (AvgIpc) is 2.30. The van der Waals surface area contributed by atoms with Crippen molar-refractivity contribution in [3.63, 3.8) is 0 Å². The molecule has 0 aliphatic carbocycles. The average molecular weight is 221 g/mol. The van der Waals surface area contributed by atoms with Crippen LogP contribution in [-0.2, 0) is 11.4 Å². The van der Waals surface area contributed by atoms with Gasteiger partial charge in [0.15, 0.2) is 0 Å². The van der Waals surface area contributed by atoms with Crippen LogP contribution in [0.3, 0.4) is 0 Å². The van der Waals surface area contributed by atoms with E-state index in [9.17, 15) is 0 Å². The third kappa shape index (κ3) is 5.29. The fourth-order valence-corrected chi connectivity index (χ4v) is 1.60. The Labute approximate surface area is 99.0 Å². The van der Waals surface area contributed by atoms with Gasteiger partial charge in [-0.15, -0.1) is 0 Å². The second kappa shape index (κ2) is 8.31. The SMILES string of the molecule is CCCCCCNOCc1ccccc1C. The number of benzene rings is 1. The summed E-state index contributed by atoms with van der Waals surface area (Å²) in [6.45, 7) is 5.94. The van der Waals surface area contributed by atoms with Crippen molar-refractivity contribution in [2.75, 3.05) is 6.54 Å². The van der Waals surface area contributed by atoms with Crippen molar-refractivity contribution in [2.45, 2.75) is 46.1 Å². The van der Waals surface area contributed by atoms with Gasteiger partial charge < -0.3 is 0 Å². The van der Waals surface area contributed by atoms with Gasteiger partial charge in [0, 0.05) is 6.54 Å². The molecule has 0 amide bonds. The minimum absolute atomic E-state index is 0.653. The highest BCUT2D eigenvalue weighted by Gasteiger charge is 1.96. The van der Waals surface area contributed by atoms with E-state index >= 15 is 0 Å². The van der Waals surface area contributed by atoms with Crippen LogP contribution in [0.5, 0.6) is 0 Å². The van der Waals surface area contributed by atoms with Gasteiger partial charge in [0.2, 0.25) is 0 Å². The third-order valence-corrected chi connectivity index (χ3v) is 2.72. The Balaban J connectivity index is 2.05. The number of hydrogen-bond donors (Lipinski definition) is 1. The summed E-state index contributed by atoms with van der Waals surface area (Å²) in [4.78, 5) is 5.43. The number of unbranched alkanes of at least 4 members (excludes halogenated alkanes) is 3. The van der Waals surface area contributed by atoms with E-state index in [1.165, 1.54) is 36.8 Å². The van der Waals surface area contributed by atoms with E-state index < -0.39 is 0 Å². The largest absolute Gasteiger partial charge is 0.297 e. The third-order valence-electron chi connectivity index (χ3n) is 2.72. The fraction of sp³-hybridized carbons (Fsp3) is 0.571. The molecule has 0 aliphatic heterocycles. The van der Waals surface area contributed by atoms with Crippen LogP contribution >= 0.6 is 0 Å². The highest BCUT2D eigenvalue weighted by molar-refractivity contribution is 5.24. The van der Waals surface area contributed by atoms with E-state index in [0.29, 0.717) is 6.61 Å². The van der Waals surface area contributed by atoms with Crippen LogP contribution in [0.15, 0.2) is 24.3 Å². The van der Waals surface area contributed by atoms with Gasteiger partial charge in [-0.05, 0) is 24.5 Å². The Kier molecular flexibility index (Phi) is 6.86. The minimum Gasteiger partial charge on any atom is -0.297 e. The van der Waals surface area contributed by atoms with Gasteiger partial charge in [0.1, 0.15) is 0 Å². The molecule has 16 heavy (non-hydrogen) atoms. The summed E-state index contributed by atoms with van der Waals surface area (Å²) in [5.74, 6) is 0. The first-order valence-corrected chi connectivity index (χ1v) is 6.23. The van der Waals surface area contributed by atoms with Crippen LogP contribution in [0.2, 0.25) is 0 Å². The lowest BCUT2D eigenvalue weighted by Gasteiger charge is -2.07. The van der Waals surface area contributed by atoms with Crippen molar-refractivity contribution in [3.05, 3.63) is 35.4 Å². The second-order valence-electron chi connectivity index (χ2n) is 4.17.